The molecule has 4 rings (SSSR count). The maximum atomic E-state index is 12.3. The summed E-state index contributed by atoms with van der Waals surface area (Å²) in [5.41, 5.74) is 3.32. The Balaban J connectivity index is 1.29. The monoisotopic (exact) mass is 385 g/mol. The maximum absolute atomic E-state index is 12.3. The molecule has 0 unspecified atom stereocenters. The van der Waals surface area contributed by atoms with E-state index in [2.05, 4.69) is 20.8 Å². The molecule has 29 heavy (non-hydrogen) atoms. The Morgan fingerprint density at radius 1 is 0.793 bits per heavy atom. The molecule has 0 aliphatic rings. The summed E-state index contributed by atoms with van der Waals surface area (Å²) in [6.07, 6.45) is 1.83. The van der Waals surface area contributed by atoms with E-state index in [4.69, 9.17) is 0 Å². The number of benzene rings is 2. The molecule has 0 spiro atoms. The normalized spacial score (nSPS) is 10.6. The van der Waals surface area contributed by atoms with Gasteiger partial charge in [-0.15, -0.1) is 10.2 Å². The number of hydrogen-bond donors (Lipinski definition) is 2. The quantitative estimate of drug-likeness (QED) is 0.534. The summed E-state index contributed by atoms with van der Waals surface area (Å²) in [7, 11) is 0. The summed E-state index contributed by atoms with van der Waals surface area (Å²) in [6.45, 7) is 0.113. The molecule has 7 nitrogen and oxygen atoms in total. The number of pyridine rings is 1. The lowest BCUT2D eigenvalue weighted by Gasteiger charge is -2.07. The molecule has 144 valence electrons. The molecule has 2 heterocycles. The Hall–Kier alpha value is -4.00. The maximum Gasteiger partial charge on any atom is 0.251 e. The van der Waals surface area contributed by atoms with Crippen LogP contribution in [0.5, 0.6) is 0 Å². The number of fused-ring (bicyclic) bond motifs is 1. The van der Waals surface area contributed by atoms with Gasteiger partial charge in [-0.3, -0.25) is 14.0 Å². The molecule has 0 aliphatic heterocycles. The van der Waals surface area contributed by atoms with Gasteiger partial charge >= 0.3 is 0 Å². The molecule has 2 aromatic carbocycles. The van der Waals surface area contributed by atoms with Gasteiger partial charge in [-0.2, -0.15) is 0 Å². The number of carbonyl (C=O) groups is 2. The van der Waals surface area contributed by atoms with E-state index < -0.39 is 0 Å². The number of hydrogen-bond acceptors (Lipinski definition) is 4. The predicted octanol–water partition coefficient (Wildman–Crippen LogP) is 2.44. The van der Waals surface area contributed by atoms with Crippen molar-refractivity contribution in [2.75, 3.05) is 6.54 Å². The number of aromatic nitrogens is 3. The lowest BCUT2D eigenvalue weighted by Crippen LogP contribution is -2.36. The summed E-state index contributed by atoms with van der Waals surface area (Å²) >= 11 is 0. The molecule has 2 aromatic heterocycles. The topological polar surface area (TPSA) is 88.4 Å². The van der Waals surface area contributed by atoms with E-state index in [1.807, 2.05) is 66.9 Å². The molecule has 0 fully saturated rings. The Morgan fingerprint density at radius 3 is 2.31 bits per heavy atom. The van der Waals surface area contributed by atoms with E-state index in [-0.39, 0.29) is 24.9 Å². The van der Waals surface area contributed by atoms with Crippen molar-refractivity contribution in [3.8, 4) is 11.1 Å². The molecule has 2 amide bonds. The van der Waals surface area contributed by atoms with Crippen LogP contribution in [0.3, 0.4) is 0 Å². The summed E-state index contributed by atoms with van der Waals surface area (Å²) in [5, 5.41) is 13.5. The van der Waals surface area contributed by atoms with Crippen LogP contribution in [-0.4, -0.2) is 33.0 Å². The van der Waals surface area contributed by atoms with Crippen molar-refractivity contribution >= 4 is 17.5 Å². The second-order valence-corrected chi connectivity index (χ2v) is 6.45. The second kappa shape index (κ2) is 8.35. The molecule has 7 heteroatoms. The fraction of sp³-hybridized carbons (Fsp3) is 0.0909. The zero-order valence-electron chi connectivity index (χ0n) is 15.6. The van der Waals surface area contributed by atoms with Crippen LogP contribution < -0.4 is 10.6 Å². The van der Waals surface area contributed by atoms with E-state index in [9.17, 15) is 9.59 Å². The Kier molecular flexibility index (Phi) is 5.29. The first-order chi connectivity index (χ1) is 14.2. The standard InChI is InChI=1S/C22H19N5O2/c28-21(23-14-20-26-25-19-8-4-5-13-27(19)20)15-24-22(29)18-11-9-17(10-12-18)16-6-2-1-3-7-16/h1-13H,14-15H2,(H,23,28)(H,24,29). The fourth-order valence-electron chi connectivity index (χ4n) is 2.96. The first kappa shape index (κ1) is 18.4. The van der Waals surface area contributed by atoms with E-state index in [0.717, 1.165) is 11.1 Å². The van der Waals surface area contributed by atoms with Crippen LogP contribution in [0.25, 0.3) is 16.8 Å². The molecule has 0 saturated carbocycles. The van der Waals surface area contributed by atoms with Crippen molar-refractivity contribution in [3.05, 3.63) is 90.4 Å². The van der Waals surface area contributed by atoms with Crippen LogP contribution in [0.2, 0.25) is 0 Å². The van der Waals surface area contributed by atoms with Gasteiger partial charge in [0, 0.05) is 11.8 Å². The summed E-state index contributed by atoms with van der Waals surface area (Å²) in [6, 6.07) is 22.8. The Morgan fingerprint density at radius 2 is 1.52 bits per heavy atom. The van der Waals surface area contributed by atoms with Crippen LogP contribution in [0.4, 0.5) is 0 Å². The van der Waals surface area contributed by atoms with E-state index in [0.29, 0.717) is 17.0 Å². The van der Waals surface area contributed by atoms with Gasteiger partial charge in [0.2, 0.25) is 5.91 Å². The van der Waals surface area contributed by atoms with Crippen LogP contribution >= 0.6 is 0 Å². The highest BCUT2D eigenvalue weighted by atomic mass is 16.2. The molecular weight excluding hydrogens is 366 g/mol. The molecule has 2 N–H and O–H groups in total. The first-order valence-electron chi connectivity index (χ1n) is 9.20. The van der Waals surface area contributed by atoms with Crippen molar-refractivity contribution in [1.82, 2.24) is 25.2 Å². The number of nitrogens with zero attached hydrogens (tertiary/aromatic N) is 3. The Bertz CT molecular complexity index is 1140. The van der Waals surface area contributed by atoms with Crippen molar-refractivity contribution in [2.45, 2.75) is 6.54 Å². The van der Waals surface area contributed by atoms with E-state index >= 15 is 0 Å². The SMILES string of the molecule is O=C(CNC(=O)c1ccc(-c2ccccc2)cc1)NCc1nnc2ccccn12. The number of rotatable bonds is 6. The number of carbonyl (C=O) groups excluding carboxylic acids is 2. The third kappa shape index (κ3) is 4.30. The minimum Gasteiger partial charge on any atom is -0.347 e. The van der Waals surface area contributed by atoms with Gasteiger partial charge in [0.15, 0.2) is 11.5 Å². The van der Waals surface area contributed by atoms with Crippen molar-refractivity contribution in [2.24, 2.45) is 0 Å². The van der Waals surface area contributed by atoms with Crippen LogP contribution in [-0.2, 0) is 11.3 Å². The lowest BCUT2D eigenvalue weighted by molar-refractivity contribution is -0.120. The highest BCUT2D eigenvalue weighted by Crippen LogP contribution is 2.19. The summed E-state index contributed by atoms with van der Waals surface area (Å²) in [4.78, 5) is 24.4. The average Bonchev–Trinajstić information content (AvgIpc) is 3.20. The minimum absolute atomic E-state index is 0.115. The Labute approximate surface area is 167 Å². The first-order valence-corrected chi connectivity index (χ1v) is 9.20. The third-order valence-electron chi connectivity index (χ3n) is 4.49. The van der Waals surface area contributed by atoms with E-state index in [1.54, 1.807) is 16.5 Å². The molecule has 0 saturated heterocycles. The molecule has 0 bridgehead atoms. The number of nitrogens with one attached hydrogen (secondary N) is 2. The van der Waals surface area contributed by atoms with Crippen molar-refractivity contribution in [1.29, 1.82) is 0 Å². The van der Waals surface area contributed by atoms with Crippen LogP contribution in [0, 0.1) is 0 Å². The second-order valence-electron chi connectivity index (χ2n) is 6.45. The summed E-state index contributed by atoms with van der Waals surface area (Å²) < 4.78 is 1.80. The van der Waals surface area contributed by atoms with Crippen LogP contribution in [0.1, 0.15) is 16.2 Å². The van der Waals surface area contributed by atoms with Crippen molar-refractivity contribution in [3.63, 3.8) is 0 Å². The molecule has 0 radical (unpaired) electrons. The highest BCUT2D eigenvalue weighted by molar-refractivity contribution is 5.96. The highest BCUT2D eigenvalue weighted by Gasteiger charge is 2.10. The van der Waals surface area contributed by atoms with Gasteiger partial charge in [0.05, 0.1) is 13.1 Å². The molecule has 0 atom stereocenters. The van der Waals surface area contributed by atoms with Gasteiger partial charge in [-0.25, -0.2) is 0 Å². The molecule has 0 aliphatic carbocycles. The zero-order chi connectivity index (χ0) is 20.1. The summed E-state index contributed by atoms with van der Waals surface area (Å²) in [5.74, 6) is 0.0244. The molecular formula is C22H19N5O2. The lowest BCUT2D eigenvalue weighted by atomic mass is 10.0. The largest absolute Gasteiger partial charge is 0.347 e. The van der Waals surface area contributed by atoms with Crippen LogP contribution in [0.15, 0.2) is 79.0 Å². The smallest absolute Gasteiger partial charge is 0.251 e. The van der Waals surface area contributed by atoms with Crippen molar-refractivity contribution < 1.29 is 9.59 Å². The predicted molar refractivity (Wildman–Crippen MR) is 109 cm³/mol. The fourth-order valence-corrected chi connectivity index (χ4v) is 2.96. The zero-order valence-corrected chi connectivity index (χ0v) is 15.6. The van der Waals surface area contributed by atoms with E-state index in [1.165, 1.54) is 0 Å². The third-order valence-corrected chi connectivity index (χ3v) is 4.49. The van der Waals surface area contributed by atoms with Gasteiger partial charge in [0.25, 0.3) is 5.91 Å². The number of amides is 2. The minimum atomic E-state index is -0.299. The van der Waals surface area contributed by atoms with Gasteiger partial charge in [0.1, 0.15) is 0 Å². The van der Waals surface area contributed by atoms with Gasteiger partial charge in [-0.1, -0.05) is 48.5 Å². The van der Waals surface area contributed by atoms with Gasteiger partial charge < -0.3 is 10.6 Å². The average molecular weight is 385 g/mol. The van der Waals surface area contributed by atoms with Gasteiger partial charge in [-0.05, 0) is 35.4 Å². The molecule has 4 aromatic rings.